The Bertz CT molecular complexity index is 463. The molecular formula is C14H19NS. The summed E-state index contributed by atoms with van der Waals surface area (Å²) in [6.45, 7) is 10.1. The quantitative estimate of drug-likeness (QED) is 0.618. The van der Waals surface area contributed by atoms with Crippen LogP contribution in [-0.2, 0) is 0 Å². The van der Waals surface area contributed by atoms with Gasteiger partial charge in [-0.1, -0.05) is 27.7 Å². The highest BCUT2D eigenvalue weighted by molar-refractivity contribution is 7.19. The van der Waals surface area contributed by atoms with Gasteiger partial charge in [0.15, 0.2) is 0 Å². The summed E-state index contributed by atoms with van der Waals surface area (Å²) < 4.78 is 1.26. The van der Waals surface area contributed by atoms with Crippen LogP contribution in [0.1, 0.15) is 38.1 Å². The summed E-state index contributed by atoms with van der Waals surface area (Å²) in [5, 5.41) is 9.83. The maximum Gasteiger partial charge on any atom is 0.0991 e. The van der Waals surface area contributed by atoms with Crippen LogP contribution in [0, 0.1) is 18.3 Å². The molecule has 0 aliphatic rings. The largest absolute Gasteiger partial charge is 0.192 e. The number of aryl methyl sites for hydroxylation is 1. The smallest absolute Gasteiger partial charge is 0.0991 e. The van der Waals surface area contributed by atoms with Gasteiger partial charge >= 0.3 is 0 Å². The Morgan fingerprint density at radius 2 is 1.69 bits per heavy atom. The van der Waals surface area contributed by atoms with Gasteiger partial charge in [0, 0.05) is 9.58 Å². The third-order valence-corrected chi connectivity index (χ3v) is 2.80. The number of thiophene rings is 1. The standard InChI is InChI=1S/C10H7NS.2C2H6/c1-7-4-9-5-8(6-11)2-3-10(9)12-7;2*1-2/h2-5H,1H3;2*1-2H3. The van der Waals surface area contributed by atoms with E-state index in [4.69, 9.17) is 5.26 Å². The van der Waals surface area contributed by atoms with Gasteiger partial charge in [-0.3, -0.25) is 0 Å². The zero-order valence-electron chi connectivity index (χ0n) is 10.7. The Labute approximate surface area is 102 Å². The minimum Gasteiger partial charge on any atom is -0.192 e. The monoisotopic (exact) mass is 233 g/mol. The molecule has 0 aliphatic heterocycles. The summed E-state index contributed by atoms with van der Waals surface area (Å²) >= 11 is 1.76. The normalized spacial score (nSPS) is 8.25. The molecule has 0 atom stereocenters. The summed E-state index contributed by atoms with van der Waals surface area (Å²) in [6, 6.07) is 10.0. The molecule has 1 aromatic carbocycles. The van der Waals surface area contributed by atoms with Gasteiger partial charge in [-0.2, -0.15) is 5.26 Å². The molecule has 1 nitrogen and oxygen atoms in total. The number of fused-ring (bicyclic) bond motifs is 1. The predicted molar refractivity (Wildman–Crippen MR) is 74.0 cm³/mol. The van der Waals surface area contributed by atoms with Crippen LogP contribution in [0.3, 0.4) is 0 Å². The number of benzene rings is 1. The molecule has 0 saturated carbocycles. The van der Waals surface area contributed by atoms with Gasteiger partial charge in [-0.15, -0.1) is 11.3 Å². The lowest BCUT2D eigenvalue weighted by Gasteiger charge is -1.87. The average molecular weight is 233 g/mol. The van der Waals surface area contributed by atoms with E-state index < -0.39 is 0 Å². The lowest BCUT2D eigenvalue weighted by molar-refractivity contribution is 1.50. The van der Waals surface area contributed by atoms with Gasteiger partial charge in [-0.05, 0) is 36.6 Å². The van der Waals surface area contributed by atoms with Crippen molar-refractivity contribution in [3.63, 3.8) is 0 Å². The van der Waals surface area contributed by atoms with Crippen molar-refractivity contribution in [1.82, 2.24) is 0 Å². The van der Waals surface area contributed by atoms with E-state index in [1.54, 1.807) is 11.3 Å². The number of rotatable bonds is 0. The molecule has 0 N–H and O–H groups in total. The van der Waals surface area contributed by atoms with E-state index in [1.807, 2.05) is 45.9 Å². The molecule has 0 radical (unpaired) electrons. The molecule has 0 fully saturated rings. The molecule has 16 heavy (non-hydrogen) atoms. The molecular weight excluding hydrogens is 214 g/mol. The fourth-order valence-corrected chi connectivity index (χ4v) is 2.15. The number of hydrogen-bond donors (Lipinski definition) is 0. The van der Waals surface area contributed by atoms with Crippen LogP contribution in [0.15, 0.2) is 24.3 Å². The summed E-state index contributed by atoms with van der Waals surface area (Å²) in [7, 11) is 0. The summed E-state index contributed by atoms with van der Waals surface area (Å²) in [4.78, 5) is 1.29. The van der Waals surface area contributed by atoms with Crippen LogP contribution in [0.4, 0.5) is 0 Å². The average Bonchev–Trinajstić information content (AvgIpc) is 2.73. The van der Waals surface area contributed by atoms with Gasteiger partial charge in [0.1, 0.15) is 0 Å². The second-order valence-electron chi connectivity index (χ2n) is 2.72. The van der Waals surface area contributed by atoms with Crippen LogP contribution >= 0.6 is 11.3 Å². The lowest BCUT2D eigenvalue weighted by atomic mass is 10.2. The predicted octanol–water partition coefficient (Wildman–Crippen LogP) is 5.13. The number of hydrogen-bond acceptors (Lipinski definition) is 2. The van der Waals surface area contributed by atoms with Crippen molar-refractivity contribution in [2.75, 3.05) is 0 Å². The third-order valence-electron chi connectivity index (χ3n) is 1.77. The molecule has 0 aliphatic carbocycles. The van der Waals surface area contributed by atoms with E-state index in [1.165, 1.54) is 15.0 Å². The second kappa shape index (κ2) is 7.90. The van der Waals surface area contributed by atoms with Gasteiger partial charge in [-0.25, -0.2) is 0 Å². The van der Waals surface area contributed by atoms with E-state index in [2.05, 4.69) is 19.1 Å². The molecule has 2 aromatic rings. The highest BCUT2D eigenvalue weighted by Gasteiger charge is 1.98. The SMILES string of the molecule is CC.CC.Cc1cc2cc(C#N)ccc2s1. The van der Waals surface area contributed by atoms with Crippen molar-refractivity contribution in [2.24, 2.45) is 0 Å². The first-order valence-electron chi connectivity index (χ1n) is 5.70. The van der Waals surface area contributed by atoms with Crippen molar-refractivity contribution in [2.45, 2.75) is 34.6 Å². The molecule has 0 spiro atoms. The molecule has 2 rings (SSSR count). The summed E-state index contributed by atoms with van der Waals surface area (Å²) in [6.07, 6.45) is 0. The number of nitrogens with zero attached hydrogens (tertiary/aromatic N) is 1. The molecule has 1 aromatic heterocycles. The summed E-state index contributed by atoms with van der Waals surface area (Å²) in [5.74, 6) is 0. The second-order valence-corrected chi connectivity index (χ2v) is 4.01. The fourth-order valence-electron chi connectivity index (χ4n) is 1.25. The Morgan fingerprint density at radius 3 is 2.25 bits per heavy atom. The number of nitriles is 1. The van der Waals surface area contributed by atoms with E-state index in [-0.39, 0.29) is 0 Å². The zero-order valence-corrected chi connectivity index (χ0v) is 11.5. The van der Waals surface area contributed by atoms with Crippen LogP contribution < -0.4 is 0 Å². The minimum absolute atomic E-state index is 0.736. The molecule has 0 unspecified atom stereocenters. The van der Waals surface area contributed by atoms with E-state index in [0.717, 1.165) is 5.56 Å². The zero-order chi connectivity index (χ0) is 12.6. The molecule has 1 heterocycles. The van der Waals surface area contributed by atoms with Crippen molar-refractivity contribution in [1.29, 1.82) is 5.26 Å². The first-order valence-corrected chi connectivity index (χ1v) is 6.51. The third kappa shape index (κ3) is 3.67. The maximum atomic E-state index is 8.66. The van der Waals surface area contributed by atoms with Gasteiger partial charge < -0.3 is 0 Å². The maximum absolute atomic E-state index is 8.66. The van der Waals surface area contributed by atoms with Crippen molar-refractivity contribution >= 4 is 21.4 Å². The fraction of sp³-hybridized carbons (Fsp3) is 0.357. The molecule has 2 heteroatoms. The molecule has 0 saturated heterocycles. The van der Waals surface area contributed by atoms with Gasteiger partial charge in [0.2, 0.25) is 0 Å². The Hall–Kier alpha value is -1.33. The molecule has 0 amide bonds. The lowest BCUT2D eigenvalue weighted by Crippen LogP contribution is -1.69. The van der Waals surface area contributed by atoms with E-state index in [9.17, 15) is 0 Å². The Kier molecular flexibility index (Phi) is 7.24. The topological polar surface area (TPSA) is 23.8 Å². The first-order chi connectivity index (χ1) is 7.79. The van der Waals surface area contributed by atoms with E-state index in [0.29, 0.717) is 0 Å². The van der Waals surface area contributed by atoms with Gasteiger partial charge in [0.25, 0.3) is 0 Å². The van der Waals surface area contributed by atoms with Crippen molar-refractivity contribution in [3.05, 3.63) is 34.7 Å². The van der Waals surface area contributed by atoms with Crippen LogP contribution in [0.25, 0.3) is 10.1 Å². The van der Waals surface area contributed by atoms with Crippen LogP contribution in [-0.4, -0.2) is 0 Å². The molecule has 0 bridgehead atoms. The van der Waals surface area contributed by atoms with Crippen molar-refractivity contribution in [3.8, 4) is 6.07 Å². The summed E-state index contributed by atoms with van der Waals surface area (Å²) in [5.41, 5.74) is 0.736. The van der Waals surface area contributed by atoms with Gasteiger partial charge in [0.05, 0.1) is 11.6 Å². The highest BCUT2D eigenvalue weighted by Crippen LogP contribution is 2.25. The van der Waals surface area contributed by atoms with Crippen molar-refractivity contribution < 1.29 is 0 Å². The Morgan fingerprint density at radius 1 is 1.06 bits per heavy atom. The highest BCUT2D eigenvalue weighted by atomic mass is 32.1. The van der Waals surface area contributed by atoms with Crippen LogP contribution in [0.5, 0.6) is 0 Å². The molecule has 86 valence electrons. The van der Waals surface area contributed by atoms with E-state index >= 15 is 0 Å². The Balaban J connectivity index is 0.000000509. The van der Waals surface area contributed by atoms with Crippen LogP contribution in [0.2, 0.25) is 0 Å². The first kappa shape index (κ1) is 14.7. The minimum atomic E-state index is 0.736.